The molecular weight excluding hydrogens is 374 g/mol. The minimum atomic E-state index is -2.97. The third-order valence-corrected chi connectivity index (χ3v) is 11.2. The molecular formula is C25H31NO2Si. The molecule has 3 nitrogen and oxygen atoms in total. The summed E-state index contributed by atoms with van der Waals surface area (Å²) in [6, 6.07) is 22.3. The van der Waals surface area contributed by atoms with Crippen LogP contribution in [0.2, 0.25) is 5.04 Å². The monoisotopic (exact) mass is 405 g/mol. The zero-order valence-corrected chi connectivity index (χ0v) is 18.5. The van der Waals surface area contributed by atoms with Crippen molar-refractivity contribution in [1.29, 1.82) is 5.26 Å². The molecule has 1 N–H and O–H groups in total. The van der Waals surface area contributed by atoms with Crippen molar-refractivity contribution in [2.45, 2.75) is 57.4 Å². The molecule has 1 saturated carbocycles. The topological polar surface area (TPSA) is 61.1 Å². The highest BCUT2D eigenvalue weighted by atomic mass is 28.4. The predicted octanol–water partition coefficient (Wildman–Crippen LogP) is 4.20. The second-order valence-electron chi connectivity index (χ2n) is 9.05. The molecule has 1 aliphatic carbocycles. The maximum absolute atomic E-state index is 12.3. The Balaban J connectivity index is 1.82. The van der Waals surface area contributed by atoms with E-state index >= 15 is 0 Å². The van der Waals surface area contributed by atoms with Crippen LogP contribution in [0.1, 0.15) is 52.4 Å². The van der Waals surface area contributed by atoms with Gasteiger partial charge in [0.05, 0.1) is 12.5 Å². The van der Waals surface area contributed by atoms with Gasteiger partial charge in [-0.1, -0.05) is 74.5 Å². The molecule has 29 heavy (non-hydrogen) atoms. The van der Waals surface area contributed by atoms with Crippen LogP contribution in [0.5, 0.6) is 0 Å². The van der Waals surface area contributed by atoms with Gasteiger partial charge in [0.25, 0.3) is 8.32 Å². The molecule has 4 heteroatoms. The average molecular weight is 406 g/mol. The molecule has 0 heterocycles. The first-order chi connectivity index (χ1) is 13.9. The highest BCUT2D eigenvalue weighted by Gasteiger charge is 2.50. The number of carbonyl (C=O) groups excluding carboxylic acids is 1. The minimum absolute atomic E-state index is 0.0372. The molecule has 0 spiro atoms. The highest BCUT2D eigenvalue weighted by Crippen LogP contribution is 2.45. The molecule has 0 aromatic heterocycles. The lowest BCUT2D eigenvalue weighted by Crippen LogP contribution is -2.65. The van der Waals surface area contributed by atoms with Crippen molar-refractivity contribution < 1.29 is 9.59 Å². The molecule has 0 bridgehead atoms. The maximum atomic E-state index is 12.3. The lowest BCUT2D eigenvalue weighted by molar-refractivity contribution is -0.123. The number of Topliss-reactive ketones (excluding diaryl/α,β-unsaturated/α-hetero) is 1. The van der Waals surface area contributed by atoms with Crippen LogP contribution in [-0.2, 0) is 4.79 Å². The van der Waals surface area contributed by atoms with E-state index in [1.165, 1.54) is 0 Å². The van der Waals surface area contributed by atoms with Gasteiger partial charge in [-0.3, -0.25) is 4.79 Å². The number of nitrogens with zero attached hydrogens (tertiary/aromatic N) is 1. The zero-order valence-electron chi connectivity index (χ0n) is 17.5. The largest absolute Gasteiger partial charge is 0.424 e. The summed E-state index contributed by atoms with van der Waals surface area (Å²) in [7, 11) is -2.97. The quantitative estimate of drug-likeness (QED) is 0.702. The molecule has 3 rings (SSSR count). The highest BCUT2D eigenvalue weighted by molar-refractivity contribution is 6.98. The second kappa shape index (κ2) is 9.07. The molecule has 0 atom stereocenters. The average Bonchev–Trinajstić information content (AvgIpc) is 2.74. The van der Waals surface area contributed by atoms with Crippen molar-refractivity contribution in [3.8, 4) is 6.07 Å². The van der Waals surface area contributed by atoms with Crippen molar-refractivity contribution in [2.75, 3.05) is 0 Å². The summed E-state index contributed by atoms with van der Waals surface area (Å²) in [5.74, 6) is 0.653. The van der Waals surface area contributed by atoms with Gasteiger partial charge in [0, 0.05) is 5.92 Å². The van der Waals surface area contributed by atoms with Crippen molar-refractivity contribution >= 4 is 24.5 Å². The summed E-state index contributed by atoms with van der Waals surface area (Å²) in [4.78, 5) is 24.3. The van der Waals surface area contributed by atoms with E-state index in [4.69, 9.17) is 5.26 Å². The van der Waals surface area contributed by atoms with Gasteiger partial charge in [-0.25, -0.2) is 0 Å². The lowest BCUT2D eigenvalue weighted by atomic mass is 9.76. The Kier molecular flexibility index (Phi) is 6.72. The molecule has 0 saturated heterocycles. The Hall–Kier alpha value is -2.22. The van der Waals surface area contributed by atoms with Gasteiger partial charge in [-0.15, -0.1) is 0 Å². The normalized spacial score (nSPS) is 20.1. The van der Waals surface area contributed by atoms with E-state index in [9.17, 15) is 9.59 Å². The third-order valence-electron chi connectivity index (χ3n) is 6.72. The van der Waals surface area contributed by atoms with Crippen molar-refractivity contribution in [3.05, 3.63) is 60.7 Å². The van der Waals surface area contributed by atoms with Gasteiger partial charge in [0.15, 0.2) is 0 Å². The van der Waals surface area contributed by atoms with E-state index in [1.54, 1.807) is 0 Å². The standard InChI is InChI=1S/C25H31NO2Si/c1-25(2,19-20-13-15-21(16-14-20)24(27)17-18-26)29(28,22-9-5-3-6-10-22)23-11-7-4-8-12-23/h3-12,20-21,28H,13-17,19H2,1-2H3. The van der Waals surface area contributed by atoms with Crippen LogP contribution in [0, 0.1) is 23.2 Å². The zero-order chi connectivity index (χ0) is 20.9. The summed E-state index contributed by atoms with van der Waals surface area (Å²) in [6.07, 6.45) is 4.72. The van der Waals surface area contributed by atoms with Crippen molar-refractivity contribution in [2.24, 2.45) is 11.8 Å². The lowest BCUT2D eigenvalue weighted by Gasteiger charge is -2.44. The predicted molar refractivity (Wildman–Crippen MR) is 119 cm³/mol. The SMILES string of the molecule is CC(C)(CC1CCC(C(=O)CC#N)CC1)[Si](O)(c1ccccc1)c1ccccc1. The van der Waals surface area contributed by atoms with E-state index in [0.717, 1.165) is 42.5 Å². The number of benzene rings is 2. The summed E-state index contributed by atoms with van der Waals surface area (Å²) >= 11 is 0. The Morgan fingerprint density at radius 1 is 1.00 bits per heavy atom. The molecule has 1 fully saturated rings. The van der Waals surface area contributed by atoms with Gasteiger partial charge in [-0.2, -0.15) is 5.26 Å². The van der Waals surface area contributed by atoms with Crippen LogP contribution in [0.15, 0.2) is 60.7 Å². The van der Waals surface area contributed by atoms with Crippen molar-refractivity contribution in [1.82, 2.24) is 0 Å². The molecule has 0 aliphatic heterocycles. The first-order valence-electron chi connectivity index (χ1n) is 10.6. The molecule has 0 amide bonds. The van der Waals surface area contributed by atoms with E-state index in [2.05, 4.69) is 38.1 Å². The summed E-state index contributed by atoms with van der Waals surface area (Å²) in [6.45, 7) is 4.43. The molecule has 2 aromatic rings. The van der Waals surface area contributed by atoms with Crippen LogP contribution in [0.25, 0.3) is 0 Å². The van der Waals surface area contributed by atoms with Gasteiger partial charge in [-0.05, 0) is 53.4 Å². The smallest absolute Gasteiger partial charge is 0.258 e. The van der Waals surface area contributed by atoms with Crippen LogP contribution in [0.4, 0.5) is 0 Å². The Labute approximate surface area is 175 Å². The van der Waals surface area contributed by atoms with Crippen LogP contribution in [-0.4, -0.2) is 18.9 Å². The first kappa shape index (κ1) is 21.5. The first-order valence-corrected chi connectivity index (χ1v) is 12.6. The molecule has 0 unspecified atom stereocenters. The fourth-order valence-electron chi connectivity index (χ4n) is 5.09. The molecule has 0 radical (unpaired) electrons. The fraction of sp³-hybridized carbons (Fsp3) is 0.440. The van der Waals surface area contributed by atoms with E-state index in [1.807, 2.05) is 42.5 Å². The summed E-state index contributed by atoms with van der Waals surface area (Å²) < 4.78 is 0. The van der Waals surface area contributed by atoms with E-state index in [-0.39, 0.29) is 23.2 Å². The van der Waals surface area contributed by atoms with Gasteiger partial charge in [0.2, 0.25) is 0 Å². The number of ketones is 1. The van der Waals surface area contributed by atoms with Gasteiger partial charge >= 0.3 is 0 Å². The fourth-order valence-corrected chi connectivity index (χ4v) is 8.92. The third kappa shape index (κ3) is 4.52. The van der Waals surface area contributed by atoms with Gasteiger partial charge < -0.3 is 4.80 Å². The van der Waals surface area contributed by atoms with E-state index in [0.29, 0.717) is 5.92 Å². The maximum Gasteiger partial charge on any atom is 0.258 e. The molecule has 152 valence electrons. The second-order valence-corrected chi connectivity index (χ2v) is 13.0. The van der Waals surface area contributed by atoms with E-state index < -0.39 is 8.32 Å². The Bertz CT molecular complexity index is 810. The number of rotatable bonds is 7. The van der Waals surface area contributed by atoms with Crippen LogP contribution < -0.4 is 10.4 Å². The number of hydrogen-bond acceptors (Lipinski definition) is 3. The molecule has 2 aromatic carbocycles. The number of carbonyl (C=O) groups is 1. The number of nitriles is 1. The number of hydrogen-bond donors (Lipinski definition) is 1. The summed E-state index contributed by atoms with van der Waals surface area (Å²) in [5, 5.41) is 10.6. The van der Waals surface area contributed by atoms with Crippen LogP contribution in [0.3, 0.4) is 0 Å². The minimum Gasteiger partial charge on any atom is -0.424 e. The van der Waals surface area contributed by atoms with Crippen LogP contribution >= 0.6 is 0 Å². The Morgan fingerprint density at radius 3 is 1.93 bits per heavy atom. The Morgan fingerprint density at radius 2 is 1.48 bits per heavy atom. The van der Waals surface area contributed by atoms with Gasteiger partial charge in [0.1, 0.15) is 5.78 Å². The van der Waals surface area contributed by atoms with Crippen molar-refractivity contribution in [3.63, 3.8) is 0 Å². The molecule has 1 aliphatic rings. The summed E-state index contributed by atoms with van der Waals surface area (Å²) in [5.41, 5.74) is 0.